The van der Waals surface area contributed by atoms with Crippen molar-refractivity contribution in [2.24, 2.45) is 11.8 Å². The first kappa shape index (κ1) is 23.9. The van der Waals surface area contributed by atoms with E-state index in [-0.39, 0.29) is 17.6 Å². The molecule has 9 heteroatoms. The zero-order valence-corrected chi connectivity index (χ0v) is 19.6. The van der Waals surface area contributed by atoms with Gasteiger partial charge in [0.05, 0.1) is 16.6 Å². The quantitative estimate of drug-likeness (QED) is 0.546. The summed E-state index contributed by atoms with van der Waals surface area (Å²) < 4.78 is 19.8. The first-order valence-electron chi connectivity index (χ1n) is 11.7. The Morgan fingerprint density at radius 3 is 2.82 bits per heavy atom. The Kier molecular flexibility index (Phi) is 8.11. The Hall–Kier alpha value is -2.29. The summed E-state index contributed by atoms with van der Waals surface area (Å²) in [5.74, 6) is 0.440. The number of ether oxygens (including phenoxy) is 1. The maximum Gasteiger partial charge on any atom is 0.229 e. The maximum absolute atomic E-state index is 14.4. The Balaban J connectivity index is 1.45. The number of carbonyl (C=O) groups excluding carboxylic acids is 1. The van der Waals surface area contributed by atoms with E-state index >= 15 is 0 Å². The molecule has 2 fully saturated rings. The highest BCUT2D eigenvalue weighted by Gasteiger charge is 2.25. The minimum Gasteiger partial charge on any atom is -0.381 e. The van der Waals surface area contributed by atoms with Crippen molar-refractivity contribution in [3.05, 3.63) is 35.2 Å². The topological polar surface area (TPSA) is 88.2 Å². The molecule has 0 radical (unpaired) electrons. The molecule has 2 aromatic heterocycles. The van der Waals surface area contributed by atoms with Gasteiger partial charge in [-0.3, -0.25) is 4.79 Å². The van der Waals surface area contributed by atoms with Gasteiger partial charge in [-0.15, -0.1) is 0 Å². The summed E-state index contributed by atoms with van der Waals surface area (Å²) in [5.41, 5.74) is 1.10. The monoisotopic (exact) mass is 475 g/mol. The van der Waals surface area contributed by atoms with Crippen molar-refractivity contribution in [3.63, 3.8) is 0 Å². The molecule has 2 saturated heterocycles. The number of amides is 1. The summed E-state index contributed by atoms with van der Waals surface area (Å²) >= 11 is 6.39. The van der Waals surface area contributed by atoms with Crippen LogP contribution in [0.3, 0.4) is 0 Å². The van der Waals surface area contributed by atoms with Gasteiger partial charge in [-0.25, -0.2) is 14.4 Å². The molecule has 2 atom stereocenters. The van der Waals surface area contributed by atoms with Crippen LogP contribution in [0.25, 0.3) is 11.3 Å². The molecule has 178 valence electrons. The Morgan fingerprint density at radius 2 is 2.09 bits per heavy atom. The number of halogens is 2. The number of aromatic nitrogens is 2. The van der Waals surface area contributed by atoms with Crippen LogP contribution >= 0.6 is 11.6 Å². The van der Waals surface area contributed by atoms with E-state index in [9.17, 15) is 9.18 Å². The van der Waals surface area contributed by atoms with E-state index in [1.54, 1.807) is 12.1 Å². The summed E-state index contributed by atoms with van der Waals surface area (Å²) in [6.07, 6.45) is 6.27. The number of nitrogens with zero attached hydrogens (tertiary/aromatic N) is 2. The van der Waals surface area contributed by atoms with Crippen LogP contribution in [-0.4, -0.2) is 48.2 Å². The van der Waals surface area contributed by atoms with E-state index in [0.29, 0.717) is 47.1 Å². The Bertz CT molecular complexity index is 962. The smallest absolute Gasteiger partial charge is 0.229 e. The van der Waals surface area contributed by atoms with Crippen molar-refractivity contribution < 1.29 is 13.9 Å². The lowest BCUT2D eigenvalue weighted by atomic mass is 9.93. The molecule has 1 amide bonds. The average Bonchev–Trinajstić information content (AvgIpc) is 2.85. The molecule has 0 unspecified atom stereocenters. The van der Waals surface area contributed by atoms with Crippen molar-refractivity contribution in [2.75, 3.05) is 36.9 Å². The van der Waals surface area contributed by atoms with Gasteiger partial charge in [-0.05, 0) is 56.2 Å². The van der Waals surface area contributed by atoms with Crippen LogP contribution in [0.5, 0.6) is 0 Å². The highest BCUT2D eigenvalue weighted by Crippen LogP contribution is 2.30. The fourth-order valence-corrected chi connectivity index (χ4v) is 4.53. The molecule has 4 heterocycles. The van der Waals surface area contributed by atoms with E-state index in [2.05, 4.69) is 32.8 Å². The standard InChI is InChI=1S/C24H31ClFN5O2/c1-2-17-4-3-16(13-27-17)24(32)31-22-11-18(19(25)14-28-22)21-6-5-20(26)23(30-21)29-12-15-7-9-33-10-8-15/h5-6,11,14-17,27H,2-4,7-10,12-13H2,1H3,(H,29,30)(H,28,31,32)/t16-,17-/m0/s1. The second kappa shape index (κ2) is 11.2. The highest BCUT2D eigenvalue weighted by atomic mass is 35.5. The normalized spacial score (nSPS) is 21.5. The van der Waals surface area contributed by atoms with Gasteiger partial charge in [0.25, 0.3) is 0 Å². The lowest BCUT2D eigenvalue weighted by molar-refractivity contribution is -0.120. The van der Waals surface area contributed by atoms with Gasteiger partial charge in [0.15, 0.2) is 11.6 Å². The van der Waals surface area contributed by atoms with Crippen LogP contribution in [0.1, 0.15) is 39.0 Å². The third kappa shape index (κ3) is 6.19. The molecule has 2 aromatic rings. The molecule has 4 rings (SSSR count). The molecule has 2 aliphatic rings. The van der Waals surface area contributed by atoms with Crippen molar-refractivity contribution in [2.45, 2.75) is 45.1 Å². The number of piperidine rings is 1. The van der Waals surface area contributed by atoms with Crippen molar-refractivity contribution in [1.29, 1.82) is 0 Å². The van der Waals surface area contributed by atoms with E-state index in [0.717, 1.165) is 45.3 Å². The number of hydrogen-bond acceptors (Lipinski definition) is 6. The highest BCUT2D eigenvalue weighted by molar-refractivity contribution is 6.33. The van der Waals surface area contributed by atoms with Gasteiger partial charge < -0.3 is 20.7 Å². The molecular weight excluding hydrogens is 445 g/mol. The van der Waals surface area contributed by atoms with Gasteiger partial charge in [0.1, 0.15) is 5.82 Å². The molecule has 0 aromatic carbocycles. The van der Waals surface area contributed by atoms with Crippen LogP contribution in [0.15, 0.2) is 24.4 Å². The SMILES string of the molecule is CC[C@H]1CC[C@H](C(=O)Nc2cc(-c3ccc(F)c(NCC4CCOCC4)n3)c(Cl)cn2)CN1. The predicted octanol–water partition coefficient (Wildman–Crippen LogP) is 4.49. The molecule has 33 heavy (non-hydrogen) atoms. The van der Waals surface area contributed by atoms with Crippen molar-refractivity contribution >= 4 is 29.1 Å². The molecular formula is C24H31ClFN5O2. The summed E-state index contributed by atoms with van der Waals surface area (Å²) in [6, 6.07) is 5.13. The van der Waals surface area contributed by atoms with Crippen LogP contribution in [-0.2, 0) is 9.53 Å². The third-order valence-electron chi connectivity index (χ3n) is 6.51. The van der Waals surface area contributed by atoms with Crippen LogP contribution in [0.2, 0.25) is 5.02 Å². The molecule has 2 aliphatic heterocycles. The van der Waals surface area contributed by atoms with Gasteiger partial charge >= 0.3 is 0 Å². The zero-order valence-electron chi connectivity index (χ0n) is 18.9. The van der Waals surface area contributed by atoms with Crippen LogP contribution in [0.4, 0.5) is 16.0 Å². The van der Waals surface area contributed by atoms with Crippen molar-refractivity contribution in [1.82, 2.24) is 15.3 Å². The fourth-order valence-electron chi connectivity index (χ4n) is 4.33. The summed E-state index contributed by atoms with van der Waals surface area (Å²) in [5, 5.41) is 9.83. The van der Waals surface area contributed by atoms with Gasteiger partial charge in [0.2, 0.25) is 5.91 Å². The number of carbonyl (C=O) groups is 1. The summed E-state index contributed by atoms with van der Waals surface area (Å²) in [6.45, 7) is 4.91. The van der Waals surface area contributed by atoms with Crippen LogP contribution in [0, 0.1) is 17.7 Å². The summed E-state index contributed by atoms with van der Waals surface area (Å²) in [4.78, 5) is 21.4. The number of hydrogen-bond donors (Lipinski definition) is 3. The largest absolute Gasteiger partial charge is 0.381 e. The number of anilines is 2. The van der Waals surface area contributed by atoms with Gasteiger partial charge in [0, 0.05) is 44.1 Å². The maximum atomic E-state index is 14.4. The first-order valence-corrected chi connectivity index (χ1v) is 12.1. The molecule has 0 spiro atoms. The first-order chi connectivity index (χ1) is 16.0. The zero-order chi connectivity index (χ0) is 23.2. The van der Waals surface area contributed by atoms with Gasteiger partial charge in [-0.1, -0.05) is 18.5 Å². The van der Waals surface area contributed by atoms with Crippen LogP contribution < -0.4 is 16.0 Å². The molecule has 7 nitrogen and oxygen atoms in total. The Morgan fingerprint density at radius 1 is 1.27 bits per heavy atom. The van der Waals surface area contributed by atoms with Crippen molar-refractivity contribution in [3.8, 4) is 11.3 Å². The minimum absolute atomic E-state index is 0.0660. The summed E-state index contributed by atoms with van der Waals surface area (Å²) in [7, 11) is 0. The van der Waals surface area contributed by atoms with E-state index in [4.69, 9.17) is 16.3 Å². The lowest BCUT2D eigenvalue weighted by Gasteiger charge is -2.28. The second-order valence-corrected chi connectivity index (χ2v) is 9.20. The number of rotatable bonds is 7. The van der Waals surface area contributed by atoms with Gasteiger partial charge in [-0.2, -0.15) is 0 Å². The fraction of sp³-hybridized carbons (Fsp3) is 0.542. The molecule has 0 bridgehead atoms. The predicted molar refractivity (Wildman–Crippen MR) is 128 cm³/mol. The van der Waals surface area contributed by atoms with E-state index in [1.807, 2.05) is 0 Å². The molecule has 0 aliphatic carbocycles. The van der Waals surface area contributed by atoms with E-state index < -0.39 is 5.82 Å². The lowest BCUT2D eigenvalue weighted by Crippen LogP contribution is -2.43. The average molecular weight is 476 g/mol. The number of pyridine rings is 2. The van der Waals surface area contributed by atoms with E-state index in [1.165, 1.54) is 12.3 Å². The Labute approximate surface area is 198 Å². The number of nitrogens with one attached hydrogen (secondary N) is 3. The molecule has 3 N–H and O–H groups in total. The molecule has 0 saturated carbocycles. The third-order valence-corrected chi connectivity index (χ3v) is 6.81. The second-order valence-electron chi connectivity index (χ2n) is 8.79. The minimum atomic E-state index is -0.417.